The summed E-state index contributed by atoms with van der Waals surface area (Å²) in [5.74, 6) is -0.0265. The number of carboxylic acid groups (broad SMARTS) is 1. The molecule has 0 radical (unpaired) electrons. The minimum absolute atomic E-state index is 0.154. The molecule has 1 fully saturated rings. The highest BCUT2D eigenvalue weighted by Gasteiger charge is 2.31. The van der Waals surface area contributed by atoms with Gasteiger partial charge in [-0.2, -0.15) is 0 Å². The number of carboxylic acids is 1. The molecule has 1 aromatic heterocycles. The van der Waals surface area contributed by atoms with Gasteiger partial charge in [0.05, 0.1) is 4.88 Å². The first kappa shape index (κ1) is 13.1. The van der Waals surface area contributed by atoms with E-state index in [4.69, 9.17) is 5.11 Å². The third-order valence-electron chi connectivity index (χ3n) is 3.82. The van der Waals surface area contributed by atoms with E-state index in [2.05, 4.69) is 19.2 Å². The molecule has 2 N–H and O–H groups in total. The average molecular weight is 267 g/mol. The molecule has 1 heterocycles. The fourth-order valence-corrected chi connectivity index (χ4v) is 3.13. The van der Waals surface area contributed by atoms with E-state index in [0.717, 1.165) is 24.2 Å². The lowest BCUT2D eigenvalue weighted by Gasteiger charge is -2.19. The van der Waals surface area contributed by atoms with Crippen LogP contribution >= 0.6 is 11.3 Å². The second kappa shape index (κ2) is 5.10. The summed E-state index contributed by atoms with van der Waals surface area (Å²) in [6, 6.07) is 3.26. The first-order valence-electron chi connectivity index (χ1n) is 6.13. The quantitative estimate of drug-likeness (QED) is 0.884. The van der Waals surface area contributed by atoms with Gasteiger partial charge in [-0.15, -0.1) is 11.3 Å². The van der Waals surface area contributed by atoms with Crippen LogP contribution < -0.4 is 5.32 Å². The van der Waals surface area contributed by atoms with Crippen LogP contribution in [-0.2, 0) is 0 Å². The van der Waals surface area contributed by atoms with E-state index in [1.807, 2.05) is 0 Å². The molecule has 0 spiro atoms. The van der Waals surface area contributed by atoms with Gasteiger partial charge in [-0.25, -0.2) is 4.79 Å². The average Bonchev–Trinajstić information content (AvgIpc) is 2.91. The number of aromatic carboxylic acids is 1. The molecule has 0 bridgehead atoms. The normalized spacial score (nSPS) is 27.1. The van der Waals surface area contributed by atoms with Gasteiger partial charge >= 0.3 is 5.97 Å². The number of nitrogens with one attached hydrogen (secondary N) is 1. The molecule has 1 saturated carbocycles. The largest absolute Gasteiger partial charge is 0.477 e. The van der Waals surface area contributed by atoms with Gasteiger partial charge in [-0.05, 0) is 36.8 Å². The predicted octanol–water partition coefficient (Wildman–Crippen LogP) is 2.61. The number of rotatable bonds is 3. The molecule has 98 valence electrons. The highest BCUT2D eigenvalue weighted by atomic mass is 32.1. The fourth-order valence-electron chi connectivity index (χ4n) is 2.38. The minimum Gasteiger partial charge on any atom is -0.477 e. The Morgan fingerprint density at radius 3 is 2.44 bits per heavy atom. The monoisotopic (exact) mass is 267 g/mol. The Bertz CT molecular complexity index is 469. The molecule has 0 saturated heterocycles. The Balaban J connectivity index is 2.01. The summed E-state index contributed by atoms with van der Waals surface area (Å²) in [5, 5.41) is 11.8. The van der Waals surface area contributed by atoms with Crippen LogP contribution in [-0.4, -0.2) is 23.0 Å². The van der Waals surface area contributed by atoms with Crippen LogP contribution in [0.1, 0.15) is 46.0 Å². The van der Waals surface area contributed by atoms with Crippen molar-refractivity contribution in [2.45, 2.75) is 32.7 Å². The van der Waals surface area contributed by atoms with Gasteiger partial charge in [-0.3, -0.25) is 4.79 Å². The van der Waals surface area contributed by atoms with E-state index in [1.54, 1.807) is 6.07 Å². The summed E-state index contributed by atoms with van der Waals surface area (Å²) >= 11 is 1.02. The molecule has 1 amide bonds. The number of carbonyl (C=O) groups excluding carboxylic acids is 1. The van der Waals surface area contributed by atoms with E-state index in [9.17, 15) is 9.59 Å². The first-order chi connectivity index (χ1) is 8.49. The number of hydrogen-bond donors (Lipinski definition) is 2. The lowest BCUT2D eigenvalue weighted by molar-refractivity contribution is 0.0702. The second-order valence-electron chi connectivity index (χ2n) is 4.96. The van der Waals surface area contributed by atoms with Crippen LogP contribution in [0.15, 0.2) is 12.1 Å². The van der Waals surface area contributed by atoms with Crippen molar-refractivity contribution in [2.75, 3.05) is 0 Å². The van der Waals surface area contributed by atoms with E-state index in [0.29, 0.717) is 16.7 Å². The number of carbonyl (C=O) groups is 2. The highest BCUT2D eigenvalue weighted by Crippen LogP contribution is 2.31. The van der Waals surface area contributed by atoms with Crippen molar-refractivity contribution in [1.82, 2.24) is 5.32 Å². The number of thiophene rings is 1. The van der Waals surface area contributed by atoms with Crippen LogP contribution in [0, 0.1) is 11.8 Å². The molecule has 3 unspecified atom stereocenters. The van der Waals surface area contributed by atoms with Crippen molar-refractivity contribution in [3.63, 3.8) is 0 Å². The molecule has 5 heteroatoms. The van der Waals surface area contributed by atoms with Gasteiger partial charge in [0, 0.05) is 6.04 Å². The van der Waals surface area contributed by atoms with Crippen LogP contribution in [0.25, 0.3) is 0 Å². The van der Waals surface area contributed by atoms with Gasteiger partial charge in [0.15, 0.2) is 0 Å². The molecule has 2 rings (SSSR count). The summed E-state index contributed by atoms with van der Waals surface area (Å²) in [5.41, 5.74) is 0. The maximum Gasteiger partial charge on any atom is 0.345 e. The molecule has 0 aliphatic heterocycles. The lowest BCUT2D eigenvalue weighted by atomic mass is 9.98. The third-order valence-corrected chi connectivity index (χ3v) is 4.89. The van der Waals surface area contributed by atoms with Gasteiger partial charge in [0.25, 0.3) is 5.91 Å². The van der Waals surface area contributed by atoms with Crippen molar-refractivity contribution in [2.24, 2.45) is 11.8 Å². The highest BCUT2D eigenvalue weighted by molar-refractivity contribution is 7.15. The fraction of sp³-hybridized carbons (Fsp3) is 0.538. The van der Waals surface area contributed by atoms with E-state index < -0.39 is 5.97 Å². The Morgan fingerprint density at radius 2 is 1.94 bits per heavy atom. The zero-order valence-electron chi connectivity index (χ0n) is 10.5. The van der Waals surface area contributed by atoms with E-state index in [1.165, 1.54) is 6.07 Å². The predicted molar refractivity (Wildman–Crippen MR) is 70.1 cm³/mol. The molecule has 1 aliphatic rings. The van der Waals surface area contributed by atoms with Gasteiger partial charge in [-0.1, -0.05) is 13.8 Å². The first-order valence-corrected chi connectivity index (χ1v) is 6.94. The maximum absolute atomic E-state index is 12.0. The summed E-state index contributed by atoms with van der Waals surface area (Å²) < 4.78 is 0. The topological polar surface area (TPSA) is 66.4 Å². The smallest absolute Gasteiger partial charge is 0.345 e. The number of hydrogen-bond acceptors (Lipinski definition) is 3. The zero-order valence-corrected chi connectivity index (χ0v) is 11.3. The SMILES string of the molecule is CC1CCC(NC(=O)c2ccc(C(=O)O)s2)C1C. The molecule has 0 aromatic carbocycles. The third kappa shape index (κ3) is 2.56. The van der Waals surface area contributed by atoms with Gasteiger partial charge in [0.1, 0.15) is 4.88 Å². The summed E-state index contributed by atoms with van der Waals surface area (Å²) in [6.45, 7) is 4.35. The van der Waals surface area contributed by atoms with Crippen molar-refractivity contribution in [1.29, 1.82) is 0 Å². The standard InChI is InChI=1S/C13H17NO3S/c1-7-3-4-9(8(7)2)14-12(15)10-5-6-11(18-10)13(16)17/h5-9H,3-4H2,1-2H3,(H,14,15)(H,16,17). The van der Waals surface area contributed by atoms with Gasteiger partial charge < -0.3 is 10.4 Å². The molecule has 3 atom stereocenters. The Morgan fingerprint density at radius 1 is 1.28 bits per heavy atom. The maximum atomic E-state index is 12.0. The van der Waals surface area contributed by atoms with Gasteiger partial charge in [0.2, 0.25) is 0 Å². The molecule has 18 heavy (non-hydrogen) atoms. The summed E-state index contributed by atoms with van der Waals surface area (Å²) in [4.78, 5) is 23.4. The Kier molecular flexibility index (Phi) is 3.71. The van der Waals surface area contributed by atoms with Crippen LogP contribution in [0.2, 0.25) is 0 Å². The number of amides is 1. The zero-order chi connectivity index (χ0) is 13.3. The van der Waals surface area contributed by atoms with Crippen molar-refractivity contribution in [3.05, 3.63) is 21.9 Å². The van der Waals surface area contributed by atoms with E-state index >= 15 is 0 Å². The molecule has 4 nitrogen and oxygen atoms in total. The van der Waals surface area contributed by atoms with Crippen molar-refractivity contribution < 1.29 is 14.7 Å². The Labute approximate surface area is 110 Å². The Hall–Kier alpha value is -1.36. The van der Waals surface area contributed by atoms with Crippen LogP contribution in [0.4, 0.5) is 0 Å². The van der Waals surface area contributed by atoms with Crippen molar-refractivity contribution >= 4 is 23.2 Å². The molecule has 1 aliphatic carbocycles. The molecule has 1 aromatic rings. The molecular formula is C13H17NO3S. The van der Waals surface area contributed by atoms with Crippen molar-refractivity contribution in [3.8, 4) is 0 Å². The second-order valence-corrected chi connectivity index (χ2v) is 6.05. The summed E-state index contributed by atoms with van der Waals surface area (Å²) in [7, 11) is 0. The minimum atomic E-state index is -0.984. The summed E-state index contributed by atoms with van der Waals surface area (Å²) in [6.07, 6.45) is 2.14. The van der Waals surface area contributed by atoms with Crippen LogP contribution in [0.3, 0.4) is 0 Å². The molecular weight excluding hydrogens is 250 g/mol. The van der Waals surface area contributed by atoms with E-state index in [-0.39, 0.29) is 16.8 Å². The lowest BCUT2D eigenvalue weighted by Crippen LogP contribution is -2.36. The van der Waals surface area contributed by atoms with Crippen LogP contribution in [0.5, 0.6) is 0 Å².